The molecule has 138 valence electrons. The van der Waals surface area contributed by atoms with Gasteiger partial charge in [0.1, 0.15) is 0 Å². The molecule has 0 unspecified atom stereocenters. The molecule has 26 heavy (non-hydrogen) atoms. The molecule has 1 aliphatic heterocycles. The van der Waals surface area contributed by atoms with Gasteiger partial charge in [-0.1, -0.05) is 12.1 Å². The van der Waals surface area contributed by atoms with Crippen LogP contribution in [0.15, 0.2) is 42.5 Å². The van der Waals surface area contributed by atoms with Crippen LogP contribution in [0.5, 0.6) is 0 Å². The van der Waals surface area contributed by atoms with Gasteiger partial charge >= 0.3 is 0 Å². The fourth-order valence-corrected chi connectivity index (χ4v) is 3.66. The van der Waals surface area contributed by atoms with Crippen molar-refractivity contribution in [3.8, 4) is 0 Å². The number of aryl methyl sites for hydroxylation is 1. The Morgan fingerprint density at radius 3 is 2.58 bits per heavy atom. The van der Waals surface area contributed by atoms with E-state index in [9.17, 15) is 9.59 Å². The molecule has 0 spiro atoms. The number of anilines is 2. The lowest BCUT2D eigenvalue weighted by molar-refractivity contribution is 0.0772. The number of rotatable bonds is 3. The fourth-order valence-electron chi connectivity index (χ4n) is 2.76. The van der Waals surface area contributed by atoms with E-state index in [0.717, 1.165) is 30.2 Å². The lowest BCUT2D eigenvalue weighted by atomic mass is 10.1. The number of amides is 2. The highest BCUT2D eigenvalue weighted by Crippen LogP contribution is 2.18. The van der Waals surface area contributed by atoms with E-state index in [1.807, 2.05) is 29.7 Å². The number of halogens is 1. The standard InChI is InChI=1S/C19H21N3O2S.ClH/c1-13-5-6-15(20)12-17(13)18(23)21-16-4-2-3-14(11-16)19(24)22-7-9-25-10-8-22;/h2-6,11-12H,7-10,20H2,1H3,(H,21,23);1H. The molecular formula is C19H22ClN3O2S. The molecule has 1 aliphatic rings. The molecule has 0 radical (unpaired) electrons. The average Bonchev–Trinajstić information content (AvgIpc) is 2.64. The first-order valence-corrected chi connectivity index (χ1v) is 9.34. The molecule has 1 heterocycles. The Labute approximate surface area is 163 Å². The third-order valence-corrected chi connectivity index (χ3v) is 5.11. The van der Waals surface area contributed by atoms with Crippen molar-refractivity contribution < 1.29 is 9.59 Å². The Morgan fingerprint density at radius 2 is 1.85 bits per heavy atom. The van der Waals surface area contributed by atoms with E-state index in [4.69, 9.17) is 5.73 Å². The number of nitrogens with two attached hydrogens (primary N) is 1. The molecule has 1 saturated heterocycles. The second-order valence-electron chi connectivity index (χ2n) is 6.01. The summed E-state index contributed by atoms with van der Waals surface area (Å²) in [4.78, 5) is 27.0. The molecule has 0 atom stereocenters. The van der Waals surface area contributed by atoms with Gasteiger partial charge in [0.15, 0.2) is 0 Å². The van der Waals surface area contributed by atoms with Crippen molar-refractivity contribution in [2.75, 3.05) is 35.6 Å². The Morgan fingerprint density at radius 1 is 1.12 bits per heavy atom. The maximum Gasteiger partial charge on any atom is 0.256 e. The largest absolute Gasteiger partial charge is 0.399 e. The minimum Gasteiger partial charge on any atom is -0.399 e. The van der Waals surface area contributed by atoms with E-state index >= 15 is 0 Å². The molecule has 7 heteroatoms. The third-order valence-electron chi connectivity index (χ3n) is 4.17. The summed E-state index contributed by atoms with van der Waals surface area (Å²) < 4.78 is 0. The number of hydrogen-bond acceptors (Lipinski definition) is 4. The first-order valence-electron chi connectivity index (χ1n) is 8.19. The number of nitrogens with zero attached hydrogens (tertiary/aromatic N) is 1. The summed E-state index contributed by atoms with van der Waals surface area (Å²) in [6.45, 7) is 3.40. The predicted octanol–water partition coefficient (Wildman–Crippen LogP) is 3.44. The van der Waals surface area contributed by atoms with Gasteiger partial charge in [-0.05, 0) is 42.8 Å². The maximum absolute atomic E-state index is 12.6. The van der Waals surface area contributed by atoms with Crippen LogP contribution in [0.3, 0.4) is 0 Å². The molecule has 1 fully saturated rings. The van der Waals surface area contributed by atoms with Crippen molar-refractivity contribution in [2.24, 2.45) is 0 Å². The van der Waals surface area contributed by atoms with Gasteiger partial charge in [0, 0.05) is 47.1 Å². The Hall–Kier alpha value is -2.18. The fraction of sp³-hybridized carbons (Fsp3) is 0.263. The van der Waals surface area contributed by atoms with Crippen LogP contribution in [0.25, 0.3) is 0 Å². The highest BCUT2D eigenvalue weighted by molar-refractivity contribution is 7.99. The zero-order chi connectivity index (χ0) is 17.8. The van der Waals surface area contributed by atoms with Crippen molar-refractivity contribution in [2.45, 2.75) is 6.92 Å². The highest BCUT2D eigenvalue weighted by atomic mass is 35.5. The quantitative estimate of drug-likeness (QED) is 0.786. The summed E-state index contributed by atoms with van der Waals surface area (Å²) in [6.07, 6.45) is 0. The first-order chi connectivity index (χ1) is 12.0. The van der Waals surface area contributed by atoms with Gasteiger partial charge < -0.3 is 16.0 Å². The van der Waals surface area contributed by atoms with Crippen LogP contribution in [0, 0.1) is 6.92 Å². The summed E-state index contributed by atoms with van der Waals surface area (Å²) in [7, 11) is 0. The summed E-state index contributed by atoms with van der Waals surface area (Å²) in [5.74, 6) is 1.72. The van der Waals surface area contributed by atoms with E-state index in [-0.39, 0.29) is 24.2 Å². The van der Waals surface area contributed by atoms with Gasteiger partial charge in [-0.25, -0.2) is 0 Å². The topological polar surface area (TPSA) is 75.4 Å². The molecular weight excluding hydrogens is 370 g/mol. The van der Waals surface area contributed by atoms with E-state index in [1.165, 1.54) is 0 Å². The monoisotopic (exact) mass is 391 g/mol. The molecule has 2 amide bonds. The lowest BCUT2D eigenvalue weighted by Crippen LogP contribution is -2.37. The van der Waals surface area contributed by atoms with Gasteiger partial charge in [-0.15, -0.1) is 12.4 Å². The van der Waals surface area contributed by atoms with Crippen molar-refractivity contribution >= 4 is 47.4 Å². The highest BCUT2D eigenvalue weighted by Gasteiger charge is 2.19. The zero-order valence-corrected chi connectivity index (χ0v) is 16.2. The number of carbonyl (C=O) groups is 2. The average molecular weight is 392 g/mol. The molecule has 5 nitrogen and oxygen atoms in total. The van der Waals surface area contributed by atoms with E-state index in [0.29, 0.717) is 22.5 Å². The first kappa shape index (κ1) is 20.1. The third kappa shape index (κ3) is 4.71. The smallest absolute Gasteiger partial charge is 0.256 e. The van der Waals surface area contributed by atoms with E-state index in [2.05, 4.69) is 5.32 Å². The second kappa shape index (κ2) is 8.96. The van der Waals surface area contributed by atoms with Crippen LogP contribution >= 0.6 is 24.2 Å². The van der Waals surface area contributed by atoms with Crippen LogP contribution in [-0.4, -0.2) is 41.3 Å². The molecule has 3 N–H and O–H groups in total. The van der Waals surface area contributed by atoms with Gasteiger partial charge in [0.2, 0.25) is 0 Å². The SMILES string of the molecule is Cc1ccc(N)cc1C(=O)Nc1cccc(C(=O)N2CCSCC2)c1.Cl. The number of thioether (sulfide) groups is 1. The van der Waals surface area contributed by atoms with Crippen LogP contribution in [0.2, 0.25) is 0 Å². The molecule has 2 aromatic carbocycles. The lowest BCUT2D eigenvalue weighted by Gasteiger charge is -2.26. The number of nitrogen functional groups attached to an aromatic ring is 1. The van der Waals surface area contributed by atoms with Crippen LogP contribution in [-0.2, 0) is 0 Å². The molecule has 0 saturated carbocycles. The number of carbonyl (C=O) groups excluding carboxylic acids is 2. The predicted molar refractivity (Wildman–Crippen MR) is 110 cm³/mol. The van der Waals surface area contributed by atoms with Crippen LogP contribution < -0.4 is 11.1 Å². The van der Waals surface area contributed by atoms with Gasteiger partial charge in [0.05, 0.1) is 0 Å². The van der Waals surface area contributed by atoms with Gasteiger partial charge in [0.25, 0.3) is 11.8 Å². The Balaban J connectivity index is 0.00000243. The summed E-state index contributed by atoms with van der Waals surface area (Å²) in [5.41, 5.74) is 8.89. The minimum atomic E-state index is -0.233. The summed E-state index contributed by atoms with van der Waals surface area (Å²) in [6, 6.07) is 12.3. The molecule has 0 bridgehead atoms. The maximum atomic E-state index is 12.6. The summed E-state index contributed by atoms with van der Waals surface area (Å²) >= 11 is 1.86. The van der Waals surface area contributed by atoms with Crippen LogP contribution in [0.4, 0.5) is 11.4 Å². The van der Waals surface area contributed by atoms with Crippen molar-refractivity contribution in [1.82, 2.24) is 4.90 Å². The molecule has 3 rings (SSSR count). The summed E-state index contributed by atoms with van der Waals surface area (Å²) in [5, 5.41) is 2.86. The second-order valence-corrected chi connectivity index (χ2v) is 7.24. The zero-order valence-electron chi connectivity index (χ0n) is 14.5. The Bertz CT molecular complexity index is 807. The van der Waals surface area contributed by atoms with E-state index < -0.39 is 0 Å². The molecule has 2 aromatic rings. The van der Waals surface area contributed by atoms with Crippen molar-refractivity contribution in [1.29, 1.82) is 0 Å². The number of hydrogen-bond donors (Lipinski definition) is 2. The molecule has 0 aliphatic carbocycles. The van der Waals surface area contributed by atoms with Crippen molar-refractivity contribution in [3.63, 3.8) is 0 Å². The normalized spacial score (nSPS) is 13.7. The molecule has 0 aromatic heterocycles. The van der Waals surface area contributed by atoms with Gasteiger partial charge in [-0.2, -0.15) is 11.8 Å². The minimum absolute atomic E-state index is 0. The van der Waals surface area contributed by atoms with Gasteiger partial charge in [-0.3, -0.25) is 9.59 Å². The van der Waals surface area contributed by atoms with Crippen LogP contribution in [0.1, 0.15) is 26.3 Å². The number of benzene rings is 2. The number of nitrogens with one attached hydrogen (secondary N) is 1. The van der Waals surface area contributed by atoms with E-state index in [1.54, 1.807) is 36.4 Å². The Kier molecular flexibility index (Phi) is 6.94. The van der Waals surface area contributed by atoms with Crippen molar-refractivity contribution in [3.05, 3.63) is 59.2 Å².